The summed E-state index contributed by atoms with van der Waals surface area (Å²) < 4.78 is 9.46. The number of carbonyl (C=O) groups excluding carboxylic acids is 4. The number of hydrogen-bond acceptors (Lipinski definition) is 9. The molecule has 1 aliphatic rings. The fourth-order valence-electron chi connectivity index (χ4n) is 7.84. The van der Waals surface area contributed by atoms with Crippen molar-refractivity contribution in [1.29, 1.82) is 0 Å². The molecular formula is C45H56N8O7. The second-order valence-electron chi connectivity index (χ2n) is 16.0. The maximum absolute atomic E-state index is 13.6. The number of aromatic nitrogens is 4. The van der Waals surface area contributed by atoms with E-state index in [-0.39, 0.29) is 35.3 Å². The molecule has 0 radical (unpaired) electrons. The molecule has 4 amide bonds. The van der Waals surface area contributed by atoms with Gasteiger partial charge in [0, 0.05) is 31.6 Å². The number of imidazole rings is 1. The minimum atomic E-state index is -0.702. The molecule has 15 nitrogen and oxygen atoms in total. The molecule has 3 heterocycles. The summed E-state index contributed by atoms with van der Waals surface area (Å²) in [7, 11) is 2.56. The number of methoxy groups -OCH3 is 2. The molecule has 1 aliphatic heterocycles. The summed E-state index contributed by atoms with van der Waals surface area (Å²) in [6, 6.07) is 16.5. The van der Waals surface area contributed by atoms with Crippen LogP contribution in [0.1, 0.15) is 78.0 Å². The Labute approximate surface area is 349 Å². The van der Waals surface area contributed by atoms with Gasteiger partial charge >= 0.3 is 12.2 Å². The Kier molecular flexibility index (Phi) is 13.9. The van der Waals surface area contributed by atoms with Gasteiger partial charge in [-0.3, -0.25) is 14.4 Å². The Bertz CT molecular complexity index is 2410. The number of alkyl carbamates (subject to hydrolysis) is 2. The molecule has 318 valence electrons. The zero-order valence-corrected chi connectivity index (χ0v) is 35.5. The van der Waals surface area contributed by atoms with Gasteiger partial charge in [0.15, 0.2) is 0 Å². The Morgan fingerprint density at radius 1 is 0.850 bits per heavy atom. The van der Waals surface area contributed by atoms with E-state index in [9.17, 15) is 24.0 Å². The lowest BCUT2D eigenvalue weighted by atomic mass is 9.98. The van der Waals surface area contributed by atoms with E-state index in [2.05, 4.69) is 44.9 Å². The number of nitrogens with one attached hydrogen (secondary N) is 4. The first-order valence-electron chi connectivity index (χ1n) is 20.7. The van der Waals surface area contributed by atoms with Gasteiger partial charge in [-0.1, -0.05) is 58.0 Å². The number of carbonyl (C=O) groups is 4. The number of aryl methyl sites for hydroxylation is 1. The molecule has 4 N–H and O–H groups in total. The van der Waals surface area contributed by atoms with Crippen molar-refractivity contribution in [2.75, 3.05) is 33.9 Å². The highest BCUT2D eigenvalue weighted by atomic mass is 16.5. The van der Waals surface area contributed by atoms with E-state index in [4.69, 9.17) is 19.4 Å². The maximum atomic E-state index is 13.6. The Morgan fingerprint density at radius 2 is 1.48 bits per heavy atom. The second-order valence-corrected chi connectivity index (χ2v) is 16.0. The van der Waals surface area contributed by atoms with Gasteiger partial charge in [-0.25, -0.2) is 19.6 Å². The summed E-state index contributed by atoms with van der Waals surface area (Å²) in [6.07, 6.45) is 4.09. The van der Waals surface area contributed by atoms with Gasteiger partial charge in [-0.05, 0) is 90.6 Å². The first-order valence-corrected chi connectivity index (χ1v) is 20.7. The van der Waals surface area contributed by atoms with Crippen molar-refractivity contribution in [3.05, 3.63) is 82.8 Å². The van der Waals surface area contributed by atoms with E-state index in [1.807, 2.05) is 65.0 Å². The molecule has 0 saturated carbocycles. The molecule has 0 bridgehead atoms. The van der Waals surface area contributed by atoms with Crippen molar-refractivity contribution in [3.63, 3.8) is 0 Å². The van der Waals surface area contributed by atoms with Crippen molar-refractivity contribution in [3.8, 4) is 22.4 Å². The van der Waals surface area contributed by atoms with Crippen LogP contribution in [0.25, 0.3) is 44.1 Å². The summed E-state index contributed by atoms with van der Waals surface area (Å²) in [5.41, 5.74) is 4.07. The molecule has 3 atom stereocenters. The zero-order valence-electron chi connectivity index (χ0n) is 35.5. The highest BCUT2D eigenvalue weighted by Crippen LogP contribution is 2.34. The summed E-state index contributed by atoms with van der Waals surface area (Å²) in [6.45, 7) is 11.1. The summed E-state index contributed by atoms with van der Waals surface area (Å²) in [5, 5.41) is 7.91. The molecular weight excluding hydrogens is 765 g/mol. The van der Waals surface area contributed by atoms with Crippen LogP contribution in [0.5, 0.6) is 0 Å². The Morgan fingerprint density at radius 3 is 2.15 bits per heavy atom. The molecule has 2 aromatic heterocycles. The van der Waals surface area contributed by atoms with Gasteiger partial charge in [0.2, 0.25) is 11.8 Å². The molecule has 3 unspecified atom stereocenters. The minimum Gasteiger partial charge on any atom is -0.453 e. The Balaban J connectivity index is 1.10. The van der Waals surface area contributed by atoms with Crippen molar-refractivity contribution >= 4 is 45.7 Å². The molecule has 15 heteroatoms. The van der Waals surface area contributed by atoms with Crippen LogP contribution >= 0.6 is 0 Å². The minimum absolute atomic E-state index is 0.101. The maximum Gasteiger partial charge on any atom is 0.407 e. The number of ether oxygens (including phenoxy) is 2. The van der Waals surface area contributed by atoms with Crippen LogP contribution in [0.4, 0.5) is 9.59 Å². The van der Waals surface area contributed by atoms with Crippen LogP contribution < -0.4 is 16.2 Å². The molecule has 60 heavy (non-hydrogen) atoms. The SMILES string of the molecule is CCN(CCCCc1nc2ccc(-c3ccc4cc(-c5cnc(C6CCCN6C(=O)C(NC(=O)OC)C(C)C)[nH]5)ccc4c3)cc2c(=O)[nH]1)C(=O)C(NC(=O)OC)C(C)C. The number of nitrogens with zero attached hydrogens (tertiary/aromatic N) is 4. The lowest BCUT2D eigenvalue weighted by Crippen LogP contribution is -2.51. The van der Waals surface area contributed by atoms with Crippen LogP contribution in [-0.2, 0) is 25.5 Å². The number of likely N-dealkylation sites (tertiary alicyclic amines) is 1. The van der Waals surface area contributed by atoms with Crippen LogP contribution in [0.15, 0.2) is 65.6 Å². The van der Waals surface area contributed by atoms with Crippen LogP contribution in [0.2, 0.25) is 0 Å². The van der Waals surface area contributed by atoms with Crippen molar-refractivity contribution in [2.45, 2.75) is 84.8 Å². The number of likely N-dealkylation sites (N-methyl/N-ethyl adjacent to an activating group) is 1. The van der Waals surface area contributed by atoms with E-state index in [0.29, 0.717) is 61.4 Å². The molecule has 6 rings (SSSR count). The number of H-pyrrole nitrogens is 2. The first kappa shape index (κ1) is 43.3. The quantitative estimate of drug-likeness (QED) is 0.0830. The molecule has 3 aromatic carbocycles. The average molecular weight is 821 g/mol. The largest absolute Gasteiger partial charge is 0.453 e. The lowest BCUT2D eigenvalue weighted by Gasteiger charge is -2.30. The van der Waals surface area contributed by atoms with E-state index in [0.717, 1.165) is 46.0 Å². The predicted octanol–water partition coefficient (Wildman–Crippen LogP) is 6.73. The summed E-state index contributed by atoms with van der Waals surface area (Å²) >= 11 is 0. The fourth-order valence-corrected chi connectivity index (χ4v) is 7.84. The molecule has 1 fully saturated rings. The predicted molar refractivity (Wildman–Crippen MR) is 230 cm³/mol. The highest BCUT2D eigenvalue weighted by molar-refractivity contribution is 5.92. The normalized spacial score (nSPS) is 15.0. The first-order chi connectivity index (χ1) is 28.8. The van der Waals surface area contributed by atoms with Gasteiger partial charge in [0.1, 0.15) is 23.7 Å². The van der Waals surface area contributed by atoms with Gasteiger partial charge in [-0.15, -0.1) is 0 Å². The number of fused-ring (bicyclic) bond motifs is 2. The summed E-state index contributed by atoms with van der Waals surface area (Å²) in [5.74, 6) is 0.779. The third-order valence-electron chi connectivity index (χ3n) is 11.3. The number of aromatic amines is 2. The van der Waals surface area contributed by atoms with E-state index in [1.54, 1.807) is 16.0 Å². The average Bonchev–Trinajstić information content (AvgIpc) is 3.94. The van der Waals surface area contributed by atoms with E-state index < -0.39 is 24.3 Å². The number of rotatable bonds is 15. The van der Waals surface area contributed by atoms with Crippen LogP contribution in [-0.4, -0.2) is 99.7 Å². The molecule has 0 aliphatic carbocycles. The third-order valence-corrected chi connectivity index (χ3v) is 11.3. The van der Waals surface area contributed by atoms with Gasteiger partial charge in [-0.2, -0.15) is 0 Å². The van der Waals surface area contributed by atoms with Crippen molar-refractivity contribution in [1.82, 2.24) is 40.4 Å². The van der Waals surface area contributed by atoms with E-state index >= 15 is 0 Å². The molecule has 5 aromatic rings. The van der Waals surface area contributed by atoms with Gasteiger partial charge in [0.05, 0.1) is 43.1 Å². The second kappa shape index (κ2) is 19.2. The van der Waals surface area contributed by atoms with Crippen molar-refractivity contribution < 1.29 is 28.7 Å². The molecule has 1 saturated heterocycles. The molecule has 0 spiro atoms. The smallest absolute Gasteiger partial charge is 0.407 e. The third kappa shape index (κ3) is 9.78. The van der Waals surface area contributed by atoms with Crippen molar-refractivity contribution in [2.24, 2.45) is 11.8 Å². The number of hydrogen-bond donors (Lipinski definition) is 4. The highest BCUT2D eigenvalue weighted by Gasteiger charge is 2.37. The topological polar surface area (TPSA) is 192 Å². The van der Waals surface area contributed by atoms with E-state index in [1.165, 1.54) is 14.2 Å². The monoisotopic (exact) mass is 820 g/mol. The zero-order chi connectivity index (χ0) is 43.1. The number of benzene rings is 3. The standard InChI is InChI=1S/C45H56N8O7/c1-8-52(42(55)38(26(2)3)50-44(57)59-6)20-10-9-13-37-47-34-19-18-31(24-33(34)41(54)49-37)29-14-15-30-23-32(17-16-28(30)22-29)35-25-46-40(48-35)36-12-11-21-53(36)43(56)39(27(4)5)51-45(58)60-7/h14-19,22-27,36,38-39H,8-13,20-21H2,1-7H3,(H,46,48)(H,50,57)(H,51,58)(H,47,49,54). The number of amides is 4. The van der Waals surface area contributed by atoms with Crippen LogP contribution in [0, 0.1) is 11.8 Å². The van der Waals surface area contributed by atoms with Crippen LogP contribution in [0.3, 0.4) is 0 Å². The lowest BCUT2D eigenvalue weighted by molar-refractivity contribution is -0.135. The summed E-state index contributed by atoms with van der Waals surface area (Å²) in [4.78, 5) is 83.2. The number of unbranched alkanes of at least 4 members (excludes halogenated alkanes) is 1. The van der Waals surface area contributed by atoms with Gasteiger partial charge < -0.3 is 39.9 Å². The fraction of sp³-hybridized carbons (Fsp3) is 0.444. The van der Waals surface area contributed by atoms with Gasteiger partial charge in [0.25, 0.3) is 5.56 Å². The Hall–Kier alpha value is -6.25.